The summed E-state index contributed by atoms with van der Waals surface area (Å²) in [6, 6.07) is 8.53. The number of hydrogen-bond acceptors (Lipinski definition) is 5. The number of aliphatic hydroxyl groups is 1. The highest BCUT2D eigenvalue weighted by molar-refractivity contribution is 8.01. The van der Waals surface area contributed by atoms with Crippen molar-refractivity contribution in [2.24, 2.45) is 0 Å². The van der Waals surface area contributed by atoms with Gasteiger partial charge >= 0.3 is 0 Å². The van der Waals surface area contributed by atoms with Crippen LogP contribution in [0.3, 0.4) is 0 Å². The van der Waals surface area contributed by atoms with E-state index >= 15 is 0 Å². The van der Waals surface area contributed by atoms with Crippen LogP contribution in [0.1, 0.15) is 13.8 Å². The van der Waals surface area contributed by atoms with E-state index in [0.717, 1.165) is 9.86 Å². The third-order valence-electron chi connectivity index (χ3n) is 2.44. The molecule has 2 aromatic rings. The van der Waals surface area contributed by atoms with Gasteiger partial charge in [-0.3, -0.25) is 0 Å². The van der Waals surface area contributed by atoms with Crippen molar-refractivity contribution in [3.8, 4) is 0 Å². The maximum absolute atomic E-state index is 9.83. The van der Waals surface area contributed by atoms with Crippen LogP contribution in [-0.2, 0) is 0 Å². The van der Waals surface area contributed by atoms with Gasteiger partial charge < -0.3 is 10.4 Å². The van der Waals surface area contributed by atoms with Crippen molar-refractivity contribution in [2.75, 3.05) is 12.3 Å². The van der Waals surface area contributed by atoms with Crippen molar-refractivity contribution in [2.45, 2.75) is 30.3 Å². The second-order valence-corrected chi connectivity index (χ2v) is 6.77. The van der Waals surface area contributed by atoms with Gasteiger partial charge in [-0.25, -0.2) is 4.98 Å². The third-order valence-corrected chi connectivity index (χ3v) is 4.76. The number of aliphatic hydroxyl groups excluding tert-OH is 1. The van der Waals surface area contributed by atoms with Gasteiger partial charge in [0.05, 0.1) is 16.3 Å². The Balaban J connectivity index is 1.86. The van der Waals surface area contributed by atoms with E-state index in [1.165, 1.54) is 4.70 Å². The highest BCUT2D eigenvalue weighted by atomic mass is 32.2. The molecule has 1 heterocycles. The Labute approximate surface area is 116 Å². The Bertz CT molecular complexity index is 465. The van der Waals surface area contributed by atoms with Crippen molar-refractivity contribution >= 4 is 33.3 Å². The first kappa shape index (κ1) is 13.8. The summed E-state index contributed by atoms with van der Waals surface area (Å²) in [4.78, 5) is 4.53. The molecule has 3 nitrogen and oxygen atoms in total. The number of nitrogens with zero attached hydrogens (tertiary/aromatic N) is 1. The molecular formula is C13H18N2OS2. The number of benzene rings is 1. The van der Waals surface area contributed by atoms with Gasteiger partial charge in [-0.05, 0) is 12.1 Å². The minimum atomic E-state index is -0.329. The largest absolute Gasteiger partial charge is 0.391 e. The summed E-state index contributed by atoms with van der Waals surface area (Å²) < 4.78 is 2.23. The molecule has 0 spiro atoms. The van der Waals surface area contributed by atoms with Crippen molar-refractivity contribution < 1.29 is 5.11 Å². The van der Waals surface area contributed by atoms with Gasteiger partial charge in [0.15, 0.2) is 4.34 Å². The molecule has 2 rings (SSSR count). The maximum Gasteiger partial charge on any atom is 0.151 e. The molecule has 0 bridgehead atoms. The summed E-state index contributed by atoms with van der Waals surface area (Å²) >= 11 is 3.31. The lowest BCUT2D eigenvalue weighted by Crippen LogP contribution is -2.33. The average molecular weight is 282 g/mol. The van der Waals surface area contributed by atoms with E-state index in [1.807, 2.05) is 18.2 Å². The Morgan fingerprint density at radius 1 is 1.39 bits per heavy atom. The molecule has 0 fully saturated rings. The standard InChI is InChI=1S/C13H18N2OS2/c1-9(2)14-7-10(16)8-17-13-15-11-5-3-4-6-12(11)18-13/h3-6,9-10,14,16H,7-8H2,1-2H3. The van der Waals surface area contributed by atoms with Gasteiger partial charge in [-0.2, -0.15) is 0 Å². The van der Waals surface area contributed by atoms with Crippen LogP contribution in [0.5, 0.6) is 0 Å². The molecule has 5 heteroatoms. The van der Waals surface area contributed by atoms with E-state index in [1.54, 1.807) is 23.1 Å². The maximum atomic E-state index is 9.83. The van der Waals surface area contributed by atoms with Gasteiger partial charge in [-0.1, -0.05) is 37.7 Å². The summed E-state index contributed by atoms with van der Waals surface area (Å²) in [5, 5.41) is 13.1. The lowest BCUT2D eigenvalue weighted by atomic mass is 10.3. The molecule has 0 radical (unpaired) electrons. The molecule has 0 amide bonds. The third kappa shape index (κ3) is 3.95. The van der Waals surface area contributed by atoms with Crippen LogP contribution in [0.25, 0.3) is 10.2 Å². The predicted molar refractivity (Wildman–Crippen MR) is 79.5 cm³/mol. The molecule has 1 atom stereocenters. The molecule has 1 unspecified atom stereocenters. The zero-order valence-corrected chi connectivity index (χ0v) is 12.2. The van der Waals surface area contributed by atoms with Gasteiger partial charge in [0.2, 0.25) is 0 Å². The summed E-state index contributed by atoms with van der Waals surface area (Å²) in [6.07, 6.45) is -0.329. The summed E-state index contributed by atoms with van der Waals surface area (Å²) in [5.74, 6) is 0.680. The van der Waals surface area contributed by atoms with Crippen LogP contribution < -0.4 is 5.32 Å². The van der Waals surface area contributed by atoms with E-state index in [9.17, 15) is 5.11 Å². The number of aromatic nitrogens is 1. The molecule has 0 saturated carbocycles. The molecule has 0 saturated heterocycles. The van der Waals surface area contributed by atoms with Gasteiger partial charge in [0.1, 0.15) is 0 Å². The van der Waals surface area contributed by atoms with Crippen LogP contribution in [-0.4, -0.2) is 34.5 Å². The number of fused-ring (bicyclic) bond motifs is 1. The minimum absolute atomic E-state index is 0.329. The normalized spacial score (nSPS) is 13.3. The summed E-state index contributed by atoms with van der Waals surface area (Å²) in [6.45, 7) is 4.79. The number of hydrogen-bond donors (Lipinski definition) is 2. The molecule has 18 heavy (non-hydrogen) atoms. The van der Waals surface area contributed by atoms with Crippen LogP contribution >= 0.6 is 23.1 Å². The fourth-order valence-corrected chi connectivity index (χ4v) is 3.53. The average Bonchev–Trinajstić information content (AvgIpc) is 2.76. The number of thiazole rings is 1. The van der Waals surface area contributed by atoms with E-state index in [0.29, 0.717) is 18.3 Å². The van der Waals surface area contributed by atoms with E-state index in [4.69, 9.17) is 0 Å². The highest BCUT2D eigenvalue weighted by Crippen LogP contribution is 2.29. The van der Waals surface area contributed by atoms with Crippen molar-refractivity contribution in [3.63, 3.8) is 0 Å². The van der Waals surface area contributed by atoms with E-state index in [-0.39, 0.29) is 6.10 Å². The highest BCUT2D eigenvalue weighted by Gasteiger charge is 2.08. The van der Waals surface area contributed by atoms with Crippen LogP contribution in [0.2, 0.25) is 0 Å². The predicted octanol–water partition coefficient (Wildman–Crippen LogP) is 2.75. The van der Waals surface area contributed by atoms with Crippen molar-refractivity contribution in [1.82, 2.24) is 10.3 Å². The zero-order valence-electron chi connectivity index (χ0n) is 10.6. The Kier molecular flexibility index (Phi) is 5.00. The second-order valence-electron chi connectivity index (χ2n) is 4.48. The quantitative estimate of drug-likeness (QED) is 0.800. The van der Waals surface area contributed by atoms with Crippen LogP contribution in [0.15, 0.2) is 28.6 Å². The zero-order chi connectivity index (χ0) is 13.0. The van der Waals surface area contributed by atoms with Crippen molar-refractivity contribution in [1.29, 1.82) is 0 Å². The number of para-hydroxylation sites is 1. The summed E-state index contributed by atoms with van der Waals surface area (Å²) in [5.41, 5.74) is 1.04. The smallest absolute Gasteiger partial charge is 0.151 e. The van der Waals surface area contributed by atoms with Gasteiger partial charge in [0.25, 0.3) is 0 Å². The second kappa shape index (κ2) is 6.52. The lowest BCUT2D eigenvalue weighted by Gasteiger charge is -2.12. The van der Waals surface area contributed by atoms with Crippen LogP contribution in [0, 0.1) is 0 Å². The van der Waals surface area contributed by atoms with E-state index < -0.39 is 0 Å². The number of thioether (sulfide) groups is 1. The molecule has 2 N–H and O–H groups in total. The fourth-order valence-electron chi connectivity index (χ4n) is 1.51. The molecule has 1 aromatic heterocycles. The first-order chi connectivity index (χ1) is 8.65. The van der Waals surface area contributed by atoms with Gasteiger partial charge in [0, 0.05) is 18.3 Å². The molecule has 0 aliphatic rings. The summed E-state index contributed by atoms with van der Waals surface area (Å²) in [7, 11) is 0. The van der Waals surface area contributed by atoms with Crippen LogP contribution in [0.4, 0.5) is 0 Å². The Hall–Kier alpha value is -0.620. The Morgan fingerprint density at radius 3 is 2.89 bits per heavy atom. The molecular weight excluding hydrogens is 264 g/mol. The fraction of sp³-hybridized carbons (Fsp3) is 0.462. The topological polar surface area (TPSA) is 45.1 Å². The SMILES string of the molecule is CC(C)NCC(O)CSc1nc2ccccc2s1. The number of nitrogens with one attached hydrogen (secondary N) is 1. The first-order valence-electron chi connectivity index (χ1n) is 6.05. The molecule has 0 aliphatic heterocycles. The molecule has 1 aromatic carbocycles. The molecule has 0 aliphatic carbocycles. The van der Waals surface area contributed by atoms with Crippen molar-refractivity contribution in [3.05, 3.63) is 24.3 Å². The minimum Gasteiger partial charge on any atom is -0.391 e. The Morgan fingerprint density at radius 2 is 2.17 bits per heavy atom. The lowest BCUT2D eigenvalue weighted by molar-refractivity contribution is 0.192. The first-order valence-corrected chi connectivity index (χ1v) is 7.85. The number of rotatable bonds is 6. The van der Waals surface area contributed by atoms with Gasteiger partial charge in [-0.15, -0.1) is 11.3 Å². The monoisotopic (exact) mass is 282 g/mol. The van der Waals surface area contributed by atoms with E-state index in [2.05, 4.69) is 30.2 Å². The molecule has 98 valence electrons.